The Labute approximate surface area is 158 Å². The molecule has 0 bridgehead atoms. The molecule has 0 atom stereocenters. The van der Waals surface area contributed by atoms with E-state index in [2.05, 4.69) is 17.0 Å². The van der Waals surface area contributed by atoms with Gasteiger partial charge in [-0.05, 0) is 23.8 Å². The number of nitrogens with zero attached hydrogens (tertiary/aromatic N) is 2. The number of primary sulfonamides is 1. The summed E-state index contributed by atoms with van der Waals surface area (Å²) in [7, 11) is -3.97. The van der Waals surface area contributed by atoms with Gasteiger partial charge in [0, 0.05) is 38.3 Å². The second-order valence-electron chi connectivity index (χ2n) is 6.24. The molecule has 1 fully saturated rings. The van der Waals surface area contributed by atoms with Gasteiger partial charge in [0.25, 0.3) is 5.91 Å². The number of halogens is 1. The zero-order valence-electron chi connectivity index (χ0n) is 14.1. The summed E-state index contributed by atoms with van der Waals surface area (Å²) >= 11 is 5.88. The minimum absolute atomic E-state index is 0.0109. The lowest BCUT2D eigenvalue weighted by Gasteiger charge is -2.34. The molecule has 0 unspecified atom stereocenters. The van der Waals surface area contributed by atoms with E-state index in [-0.39, 0.29) is 21.4 Å². The van der Waals surface area contributed by atoms with Gasteiger partial charge in [0.1, 0.15) is 4.90 Å². The van der Waals surface area contributed by atoms with Crippen molar-refractivity contribution in [2.75, 3.05) is 26.2 Å². The van der Waals surface area contributed by atoms with E-state index in [1.165, 1.54) is 23.8 Å². The number of amides is 1. The molecule has 1 saturated heterocycles. The van der Waals surface area contributed by atoms with Crippen LogP contribution in [-0.2, 0) is 16.6 Å². The maximum Gasteiger partial charge on any atom is 0.253 e. The smallest absolute Gasteiger partial charge is 0.253 e. The Kier molecular flexibility index (Phi) is 5.62. The third kappa shape index (κ3) is 4.42. The first kappa shape index (κ1) is 18.8. The highest BCUT2D eigenvalue weighted by Crippen LogP contribution is 2.22. The van der Waals surface area contributed by atoms with Crippen LogP contribution in [0.15, 0.2) is 53.4 Å². The van der Waals surface area contributed by atoms with Crippen LogP contribution in [0.4, 0.5) is 0 Å². The van der Waals surface area contributed by atoms with Gasteiger partial charge in [-0.15, -0.1) is 0 Å². The normalized spacial score (nSPS) is 15.8. The van der Waals surface area contributed by atoms with Crippen LogP contribution in [-0.4, -0.2) is 50.3 Å². The molecular formula is C18H20ClN3O3S. The molecule has 0 radical (unpaired) electrons. The van der Waals surface area contributed by atoms with Gasteiger partial charge < -0.3 is 4.90 Å². The molecule has 26 heavy (non-hydrogen) atoms. The van der Waals surface area contributed by atoms with E-state index in [1.807, 2.05) is 18.2 Å². The molecule has 0 aliphatic carbocycles. The van der Waals surface area contributed by atoms with E-state index in [0.717, 1.165) is 19.6 Å². The summed E-state index contributed by atoms with van der Waals surface area (Å²) in [6, 6.07) is 14.3. The number of piperazine rings is 1. The Morgan fingerprint density at radius 3 is 2.31 bits per heavy atom. The third-order valence-electron chi connectivity index (χ3n) is 4.39. The van der Waals surface area contributed by atoms with Crippen LogP contribution < -0.4 is 5.14 Å². The van der Waals surface area contributed by atoms with Crippen molar-refractivity contribution in [2.45, 2.75) is 11.4 Å². The number of rotatable bonds is 4. The maximum atomic E-state index is 12.7. The summed E-state index contributed by atoms with van der Waals surface area (Å²) in [6.45, 7) is 3.53. The Balaban J connectivity index is 1.65. The second kappa shape index (κ2) is 7.75. The van der Waals surface area contributed by atoms with Gasteiger partial charge >= 0.3 is 0 Å². The van der Waals surface area contributed by atoms with E-state index in [4.69, 9.17) is 16.7 Å². The van der Waals surface area contributed by atoms with Gasteiger partial charge in [-0.3, -0.25) is 9.69 Å². The summed E-state index contributed by atoms with van der Waals surface area (Å²) in [6.07, 6.45) is 0. The Morgan fingerprint density at radius 2 is 1.69 bits per heavy atom. The largest absolute Gasteiger partial charge is 0.336 e. The number of carbonyl (C=O) groups is 1. The van der Waals surface area contributed by atoms with E-state index in [0.29, 0.717) is 13.1 Å². The van der Waals surface area contributed by atoms with Crippen LogP contribution in [0.1, 0.15) is 15.9 Å². The number of nitrogens with two attached hydrogens (primary N) is 1. The van der Waals surface area contributed by atoms with Crippen molar-refractivity contribution in [3.63, 3.8) is 0 Å². The number of sulfonamides is 1. The fourth-order valence-corrected chi connectivity index (χ4v) is 4.06. The van der Waals surface area contributed by atoms with Crippen molar-refractivity contribution in [1.29, 1.82) is 0 Å². The average Bonchev–Trinajstić information content (AvgIpc) is 2.62. The van der Waals surface area contributed by atoms with Gasteiger partial charge in [-0.25, -0.2) is 13.6 Å². The molecule has 138 valence electrons. The van der Waals surface area contributed by atoms with Crippen molar-refractivity contribution in [2.24, 2.45) is 5.14 Å². The molecule has 2 aromatic rings. The van der Waals surface area contributed by atoms with Gasteiger partial charge in [0.2, 0.25) is 10.0 Å². The number of carbonyl (C=O) groups excluding carboxylic acids is 1. The lowest BCUT2D eigenvalue weighted by molar-refractivity contribution is 0.0628. The maximum absolute atomic E-state index is 12.7. The van der Waals surface area contributed by atoms with Gasteiger partial charge in [0.05, 0.1) is 5.02 Å². The molecule has 0 spiro atoms. The average molecular weight is 394 g/mol. The second-order valence-corrected chi connectivity index (χ2v) is 8.18. The molecule has 1 aliphatic rings. The predicted molar refractivity (Wildman–Crippen MR) is 100 cm³/mol. The van der Waals surface area contributed by atoms with Crippen molar-refractivity contribution in [3.05, 3.63) is 64.7 Å². The molecule has 0 saturated carbocycles. The highest BCUT2D eigenvalue weighted by molar-refractivity contribution is 7.89. The third-order valence-corrected chi connectivity index (χ3v) is 5.79. The fourth-order valence-electron chi connectivity index (χ4n) is 2.99. The SMILES string of the molecule is NS(=O)(=O)c1cc(C(=O)N2CCN(Cc3ccccc3)CC2)ccc1Cl. The molecule has 8 heteroatoms. The highest BCUT2D eigenvalue weighted by atomic mass is 35.5. The van der Waals surface area contributed by atoms with E-state index in [9.17, 15) is 13.2 Å². The molecule has 6 nitrogen and oxygen atoms in total. The highest BCUT2D eigenvalue weighted by Gasteiger charge is 2.24. The topological polar surface area (TPSA) is 83.7 Å². The van der Waals surface area contributed by atoms with Gasteiger partial charge in [-0.2, -0.15) is 0 Å². The van der Waals surface area contributed by atoms with Crippen LogP contribution in [0, 0.1) is 0 Å². The molecule has 3 rings (SSSR count). The minimum Gasteiger partial charge on any atom is -0.336 e. The van der Waals surface area contributed by atoms with Crippen molar-refractivity contribution >= 4 is 27.5 Å². The van der Waals surface area contributed by atoms with Crippen molar-refractivity contribution < 1.29 is 13.2 Å². The van der Waals surface area contributed by atoms with Gasteiger partial charge in [-0.1, -0.05) is 41.9 Å². The fraction of sp³-hybridized carbons (Fsp3) is 0.278. The first-order valence-electron chi connectivity index (χ1n) is 8.22. The first-order valence-corrected chi connectivity index (χ1v) is 10.1. The molecule has 2 aromatic carbocycles. The number of hydrogen-bond donors (Lipinski definition) is 1. The van der Waals surface area contributed by atoms with Crippen LogP contribution in [0.2, 0.25) is 5.02 Å². The summed E-state index contributed by atoms with van der Waals surface area (Å²) in [5.41, 5.74) is 1.51. The number of benzene rings is 2. The molecule has 0 aromatic heterocycles. The zero-order valence-corrected chi connectivity index (χ0v) is 15.7. The van der Waals surface area contributed by atoms with E-state index >= 15 is 0 Å². The van der Waals surface area contributed by atoms with Crippen LogP contribution >= 0.6 is 11.6 Å². The lowest BCUT2D eigenvalue weighted by Crippen LogP contribution is -2.48. The number of hydrogen-bond acceptors (Lipinski definition) is 4. The molecule has 1 aliphatic heterocycles. The molecular weight excluding hydrogens is 374 g/mol. The molecule has 2 N–H and O–H groups in total. The van der Waals surface area contributed by atoms with Crippen LogP contribution in [0.25, 0.3) is 0 Å². The zero-order chi connectivity index (χ0) is 18.7. The summed E-state index contributed by atoms with van der Waals surface area (Å²) < 4.78 is 23.2. The summed E-state index contributed by atoms with van der Waals surface area (Å²) in [5, 5.41) is 5.16. The Bertz CT molecular complexity index is 895. The minimum atomic E-state index is -3.97. The molecule has 1 heterocycles. The quantitative estimate of drug-likeness (QED) is 0.860. The van der Waals surface area contributed by atoms with Crippen molar-refractivity contribution in [3.8, 4) is 0 Å². The van der Waals surface area contributed by atoms with Gasteiger partial charge in [0.15, 0.2) is 0 Å². The summed E-state index contributed by atoms with van der Waals surface area (Å²) in [5.74, 6) is -0.217. The Hall–Kier alpha value is -1.93. The predicted octanol–water partition coefficient (Wildman–Crippen LogP) is 1.95. The standard InChI is InChI=1S/C18H20ClN3O3S/c19-16-7-6-15(12-17(16)26(20,24)25)18(23)22-10-8-21(9-11-22)13-14-4-2-1-3-5-14/h1-7,12H,8-11,13H2,(H2,20,24,25). The Morgan fingerprint density at radius 1 is 1.04 bits per heavy atom. The van der Waals surface area contributed by atoms with Crippen molar-refractivity contribution in [1.82, 2.24) is 9.80 Å². The lowest BCUT2D eigenvalue weighted by atomic mass is 10.1. The van der Waals surface area contributed by atoms with Crippen LogP contribution in [0.3, 0.4) is 0 Å². The monoisotopic (exact) mass is 393 g/mol. The molecule has 1 amide bonds. The van der Waals surface area contributed by atoms with Crippen LogP contribution in [0.5, 0.6) is 0 Å². The first-order chi connectivity index (χ1) is 12.3. The van der Waals surface area contributed by atoms with E-state index in [1.54, 1.807) is 4.90 Å². The van der Waals surface area contributed by atoms with E-state index < -0.39 is 10.0 Å². The summed E-state index contributed by atoms with van der Waals surface area (Å²) in [4.78, 5) is 16.5.